The van der Waals surface area contributed by atoms with Crippen LogP contribution in [0.25, 0.3) is 0 Å². The highest BCUT2D eigenvalue weighted by Gasteiger charge is 2.53. The maximum Gasteiger partial charge on any atom is 0.247 e. The molecule has 0 saturated carbocycles. The van der Waals surface area contributed by atoms with Crippen LogP contribution < -0.4 is 5.32 Å². The fraction of sp³-hybridized carbons (Fsp3) is 0.875. The van der Waals surface area contributed by atoms with E-state index in [-0.39, 0.29) is 18.6 Å². The van der Waals surface area contributed by atoms with Gasteiger partial charge in [0.15, 0.2) is 18.2 Å². The first-order chi connectivity index (χ1) is 12.1. The van der Waals surface area contributed by atoms with Gasteiger partial charge < -0.3 is 35.2 Å². The number of aliphatic imine (C=N–C) groups is 1. The third-order valence-electron chi connectivity index (χ3n) is 5.65. The summed E-state index contributed by atoms with van der Waals surface area (Å²) in [5.41, 5.74) is 0. The van der Waals surface area contributed by atoms with Crippen LogP contribution in [-0.4, -0.2) is 99.9 Å². The lowest BCUT2D eigenvalue weighted by Crippen LogP contribution is -2.59. The molecule has 0 aromatic carbocycles. The van der Waals surface area contributed by atoms with Crippen molar-refractivity contribution >= 4 is 11.9 Å². The van der Waals surface area contributed by atoms with E-state index in [9.17, 15) is 20.1 Å². The molecule has 0 aliphatic carbocycles. The maximum atomic E-state index is 12.3. The van der Waals surface area contributed by atoms with E-state index in [1.165, 1.54) is 6.42 Å². The van der Waals surface area contributed by atoms with Gasteiger partial charge in [0.05, 0.1) is 12.6 Å². The lowest BCUT2D eigenvalue weighted by atomic mass is 9.99. The third kappa shape index (κ3) is 2.79. The van der Waals surface area contributed by atoms with Gasteiger partial charge in [-0.15, -0.1) is 0 Å². The van der Waals surface area contributed by atoms with E-state index < -0.39 is 30.6 Å². The Labute approximate surface area is 146 Å². The minimum atomic E-state index is -1.16. The average molecular weight is 354 g/mol. The molecule has 0 aromatic heterocycles. The number of ether oxygens (including phenoxy) is 1. The Bertz CT molecular complexity index is 553. The molecule has 0 aromatic rings. The van der Waals surface area contributed by atoms with E-state index in [4.69, 9.17) is 4.74 Å². The number of carbonyl (C=O) groups is 1. The summed E-state index contributed by atoms with van der Waals surface area (Å²) in [5.74, 6) is 0.557. The number of aliphatic hydroxyl groups is 3. The van der Waals surface area contributed by atoms with E-state index in [1.807, 2.05) is 4.90 Å². The average Bonchev–Trinajstić information content (AvgIpc) is 3.15. The van der Waals surface area contributed by atoms with Crippen LogP contribution in [0.2, 0.25) is 0 Å². The zero-order valence-electron chi connectivity index (χ0n) is 14.1. The lowest BCUT2D eigenvalue weighted by molar-refractivity contribution is -0.127. The number of rotatable bonds is 2. The van der Waals surface area contributed by atoms with E-state index in [0.29, 0.717) is 18.9 Å². The van der Waals surface area contributed by atoms with Crippen LogP contribution in [0.15, 0.2) is 4.99 Å². The fourth-order valence-corrected chi connectivity index (χ4v) is 4.31. The van der Waals surface area contributed by atoms with Crippen LogP contribution in [0, 0.1) is 0 Å². The molecule has 0 unspecified atom stereocenters. The zero-order valence-corrected chi connectivity index (χ0v) is 14.1. The number of nitrogens with zero attached hydrogens (tertiary/aromatic N) is 3. The molecular weight excluding hydrogens is 328 g/mol. The first-order valence-corrected chi connectivity index (χ1v) is 9.13. The van der Waals surface area contributed by atoms with E-state index in [0.717, 1.165) is 25.9 Å². The van der Waals surface area contributed by atoms with Gasteiger partial charge in [0.1, 0.15) is 18.3 Å². The summed E-state index contributed by atoms with van der Waals surface area (Å²) in [6.07, 6.45) is 0.0291. The molecule has 0 bridgehead atoms. The Kier molecular flexibility index (Phi) is 4.57. The quantitative estimate of drug-likeness (QED) is 0.446. The Morgan fingerprint density at radius 3 is 2.64 bits per heavy atom. The molecule has 4 aliphatic heterocycles. The molecular formula is C16H26N4O5. The summed E-state index contributed by atoms with van der Waals surface area (Å²) in [7, 11) is 0. The zero-order chi connectivity index (χ0) is 17.6. The van der Waals surface area contributed by atoms with Crippen molar-refractivity contribution in [1.82, 2.24) is 15.1 Å². The van der Waals surface area contributed by atoms with Crippen molar-refractivity contribution < 1.29 is 24.9 Å². The normalized spacial score (nSPS) is 41.6. The predicted octanol–water partition coefficient (Wildman–Crippen LogP) is -2.16. The van der Waals surface area contributed by atoms with Gasteiger partial charge in [-0.05, 0) is 25.7 Å². The van der Waals surface area contributed by atoms with Crippen molar-refractivity contribution in [2.75, 3.05) is 26.2 Å². The topological polar surface area (TPSA) is 118 Å². The Balaban J connectivity index is 1.65. The first kappa shape index (κ1) is 17.0. The summed E-state index contributed by atoms with van der Waals surface area (Å²) < 4.78 is 5.76. The van der Waals surface area contributed by atoms with Gasteiger partial charge in [0.25, 0.3) is 0 Å². The van der Waals surface area contributed by atoms with Crippen LogP contribution >= 0.6 is 0 Å². The molecule has 9 heteroatoms. The number of hydrogen-bond acceptors (Lipinski definition) is 8. The van der Waals surface area contributed by atoms with Crippen molar-refractivity contribution in [2.45, 2.75) is 62.3 Å². The monoisotopic (exact) mass is 354 g/mol. The van der Waals surface area contributed by atoms with Gasteiger partial charge in [-0.3, -0.25) is 4.79 Å². The second kappa shape index (κ2) is 6.71. The van der Waals surface area contributed by atoms with Crippen LogP contribution in [0.4, 0.5) is 0 Å². The van der Waals surface area contributed by atoms with Crippen LogP contribution in [0.5, 0.6) is 0 Å². The molecule has 4 aliphatic rings. The molecule has 3 saturated heterocycles. The molecule has 25 heavy (non-hydrogen) atoms. The smallest absolute Gasteiger partial charge is 0.247 e. The van der Waals surface area contributed by atoms with Crippen molar-refractivity contribution in [3.05, 3.63) is 0 Å². The first-order valence-electron chi connectivity index (χ1n) is 9.13. The number of hydrogen-bond donors (Lipinski definition) is 4. The molecule has 9 nitrogen and oxygen atoms in total. The summed E-state index contributed by atoms with van der Waals surface area (Å²) >= 11 is 0. The van der Waals surface area contributed by atoms with E-state index in [2.05, 4.69) is 15.2 Å². The van der Waals surface area contributed by atoms with Gasteiger partial charge in [0, 0.05) is 19.6 Å². The highest BCUT2D eigenvalue weighted by molar-refractivity contribution is 5.92. The summed E-state index contributed by atoms with van der Waals surface area (Å²) in [4.78, 5) is 21.0. The number of guanidine groups is 1. The van der Waals surface area contributed by atoms with Crippen LogP contribution in [-0.2, 0) is 9.53 Å². The molecule has 4 N–H and O–H groups in total. The molecule has 4 heterocycles. The molecule has 3 fully saturated rings. The predicted molar refractivity (Wildman–Crippen MR) is 87.7 cm³/mol. The number of likely N-dealkylation sites (tertiary alicyclic amines) is 1. The SMILES string of the molecule is O=C1NCC[C@@H]2[C@@H]1N=C(N1CCCCC1)N2[C@@H]1O[C@H](CO)[C@H](O)[C@H]1O. The van der Waals surface area contributed by atoms with Gasteiger partial charge in [-0.25, -0.2) is 4.99 Å². The minimum absolute atomic E-state index is 0.111. The van der Waals surface area contributed by atoms with Crippen molar-refractivity contribution in [3.8, 4) is 0 Å². The Hall–Kier alpha value is -1.42. The number of aliphatic hydroxyl groups excluding tert-OH is 3. The number of fused-ring (bicyclic) bond motifs is 1. The largest absolute Gasteiger partial charge is 0.394 e. The molecule has 4 rings (SSSR count). The van der Waals surface area contributed by atoms with Gasteiger partial charge in [-0.1, -0.05) is 0 Å². The van der Waals surface area contributed by atoms with Gasteiger partial charge >= 0.3 is 0 Å². The second-order valence-corrected chi connectivity index (χ2v) is 7.20. The van der Waals surface area contributed by atoms with Gasteiger partial charge in [0.2, 0.25) is 5.91 Å². The molecule has 1 amide bonds. The highest BCUT2D eigenvalue weighted by Crippen LogP contribution is 2.34. The van der Waals surface area contributed by atoms with E-state index in [1.54, 1.807) is 0 Å². The van der Waals surface area contributed by atoms with E-state index >= 15 is 0 Å². The molecule has 0 spiro atoms. The number of amides is 1. The second-order valence-electron chi connectivity index (χ2n) is 7.20. The third-order valence-corrected chi connectivity index (χ3v) is 5.65. The van der Waals surface area contributed by atoms with Crippen molar-refractivity contribution in [3.63, 3.8) is 0 Å². The highest BCUT2D eigenvalue weighted by atomic mass is 16.6. The van der Waals surface area contributed by atoms with Crippen LogP contribution in [0.3, 0.4) is 0 Å². The summed E-state index contributed by atoms with van der Waals surface area (Å²) in [6, 6.07) is -0.721. The Morgan fingerprint density at radius 2 is 1.96 bits per heavy atom. The number of carbonyl (C=O) groups excluding carboxylic acids is 1. The maximum absolute atomic E-state index is 12.3. The molecule has 6 atom stereocenters. The minimum Gasteiger partial charge on any atom is -0.394 e. The lowest BCUT2D eigenvalue weighted by Gasteiger charge is -2.41. The molecule has 140 valence electrons. The van der Waals surface area contributed by atoms with Gasteiger partial charge in [-0.2, -0.15) is 0 Å². The molecule has 0 radical (unpaired) electrons. The summed E-state index contributed by atoms with van der Waals surface area (Å²) in [5, 5.41) is 32.9. The fourth-order valence-electron chi connectivity index (χ4n) is 4.31. The number of nitrogens with one attached hydrogen (secondary N) is 1. The van der Waals surface area contributed by atoms with Crippen molar-refractivity contribution in [1.29, 1.82) is 0 Å². The Morgan fingerprint density at radius 1 is 1.20 bits per heavy atom. The van der Waals surface area contributed by atoms with Crippen molar-refractivity contribution in [2.24, 2.45) is 4.99 Å². The summed E-state index contributed by atoms with van der Waals surface area (Å²) in [6.45, 7) is 1.89. The number of piperidine rings is 2. The standard InChI is InChI=1S/C16H26N4O5/c21-8-10-12(22)13(23)15(25-10)20-9-4-5-17-14(24)11(9)18-16(20)19-6-2-1-3-7-19/h9-13,15,21-23H,1-8H2,(H,17,24)/t9-,10-,11+,12+,13-,15-/m1/s1. The van der Waals surface area contributed by atoms with Crippen LogP contribution in [0.1, 0.15) is 25.7 Å².